The zero-order valence-electron chi connectivity index (χ0n) is 17.2. The van der Waals surface area contributed by atoms with Gasteiger partial charge in [-0.15, -0.1) is 0 Å². The van der Waals surface area contributed by atoms with Crippen molar-refractivity contribution in [2.24, 2.45) is 5.92 Å². The van der Waals surface area contributed by atoms with E-state index in [0.717, 1.165) is 23.1 Å². The van der Waals surface area contributed by atoms with Gasteiger partial charge < -0.3 is 14.6 Å². The first-order chi connectivity index (χ1) is 13.5. The molecule has 30 heavy (non-hydrogen) atoms. The Hall–Kier alpha value is -2.78. The summed E-state index contributed by atoms with van der Waals surface area (Å²) in [6.07, 6.45) is -6.50. The highest BCUT2D eigenvalue weighted by atomic mass is 19.4. The molecule has 0 unspecified atom stereocenters. The van der Waals surface area contributed by atoms with Crippen LogP contribution >= 0.6 is 0 Å². The summed E-state index contributed by atoms with van der Waals surface area (Å²) in [5, 5.41) is 9.79. The second-order valence-corrected chi connectivity index (χ2v) is 8.49. The van der Waals surface area contributed by atoms with Crippen LogP contribution in [-0.4, -0.2) is 39.4 Å². The van der Waals surface area contributed by atoms with Gasteiger partial charge in [0.05, 0.1) is 11.6 Å². The van der Waals surface area contributed by atoms with Crippen LogP contribution < -0.4 is 0 Å². The zero-order chi connectivity index (χ0) is 23.1. The molecule has 0 saturated carbocycles. The van der Waals surface area contributed by atoms with Crippen LogP contribution in [0, 0.1) is 5.92 Å². The van der Waals surface area contributed by atoms with E-state index >= 15 is 0 Å². The standard InChI is InChI=1S/C20H24F3NO6/c1-18(2,3)24(17(27)28)14(11-7-6-8-12(9-11)20(21,22)23)10-13-15(25)29-19(4,5)30-16(13)26/h6-9,13-14H,10H2,1-5H3,(H,27,28)/t14-/m1/s1. The number of hydrogen-bond acceptors (Lipinski definition) is 5. The lowest BCUT2D eigenvalue weighted by Crippen LogP contribution is -2.51. The van der Waals surface area contributed by atoms with E-state index in [-0.39, 0.29) is 5.56 Å². The third-order valence-electron chi connectivity index (χ3n) is 4.56. The van der Waals surface area contributed by atoms with Crippen LogP contribution in [-0.2, 0) is 25.2 Å². The minimum atomic E-state index is -4.65. The summed E-state index contributed by atoms with van der Waals surface area (Å²) in [5.74, 6) is -4.81. The minimum absolute atomic E-state index is 0.00687. The number of ether oxygens (including phenoxy) is 2. The molecule has 1 atom stereocenters. The predicted octanol–water partition coefficient (Wildman–Crippen LogP) is 4.37. The van der Waals surface area contributed by atoms with Crippen molar-refractivity contribution in [1.29, 1.82) is 0 Å². The fourth-order valence-corrected chi connectivity index (χ4v) is 3.36. The number of carbonyl (C=O) groups excluding carboxylic acids is 2. The molecular weight excluding hydrogens is 407 g/mol. The molecule has 1 saturated heterocycles. The maximum Gasteiger partial charge on any atom is 0.416 e. The van der Waals surface area contributed by atoms with Gasteiger partial charge in [-0.1, -0.05) is 12.1 Å². The lowest BCUT2D eigenvalue weighted by Gasteiger charge is -2.42. The molecule has 1 amide bonds. The van der Waals surface area contributed by atoms with Gasteiger partial charge in [0.15, 0.2) is 5.92 Å². The van der Waals surface area contributed by atoms with Gasteiger partial charge in [-0.2, -0.15) is 13.2 Å². The highest BCUT2D eigenvalue weighted by molar-refractivity contribution is 5.96. The summed E-state index contributed by atoms with van der Waals surface area (Å²) in [5.41, 5.74) is -2.03. The Morgan fingerprint density at radius 1 is 1.17 bits per heavy atom. The van der Waals surface area contributed by atoms with Crippen LogP contribution in [0.15, 0.2) is 24.3 Å². The summed E-state index contributed by atoms with van der Waals surface area (Å²) in [6.45, 7) is 7.40. The molecule has 1 aromatic rings. The van der Waals surface area contributed by atoms with Crippen molar-refractivity contribution in [1.82, 2.24) is 4.90 Å². The monoisotopic (exact) mass is 431 g/mol. The van der Waals surface area contributed by atoms with Crippen LogP contribution in [0.4, 0.5) is 18.0 Å². The van der Waals surface area contributed by atoms with Crippen molar-refractivity contribution < 1.29 is 42.1 Å². The second-order valence-electron chi connectivity index (χ2n) is 8.49. The topological polar surface area (TPSA) is 93.1 Å². The van der Waals surface area contributed by atoms with Gasteiger partial charge in [0, 0.05) is 19.4 Å². The maximum absolute atomic E-state index is 13.2. The third-order valence-corrected chi connectivity index (χ3v) is 4.56. The SMILES string of the molecule is CC1(C)OC(=O)C(C[C@H](c2cccc(C(F)(F)F)c2)N(C(=O)O)C(C)(C)C)C(=O)O1. The third kappa shape index (κ3) is 5.22. The van der Waals surface area contributed by atoms with Crippen molar-refractivity contribution in [2.45, 2.75) is 64.6 Å². The minimum Gasteiger partial charge on any atom is -0.465 e. The fourth-order valence-electron chi connectivity index (χ4n) is 3.36. The zero-order valence-corrected chi connectivity index (χ0v) is 17.2. The molecule has 1 aliphatic rings. The normalized spacial score (nSPS) is 18.4. The van der Waals surface area contributed by atoms with Gasteiger partial charge in [-0.3, -0.25) is 14.5 Å². The average Bonchev–Trinajstić information content (AvgIpc) is 2.53. The van der Waals surface area contributed by atoms with E-state index in [1.165, 1.54) is 19.9 Å². The van der Waals surface area contributed by atoms with Gasteiger partial charge in [-0.25, -0.2) is 4.79 Å². The first-order valence-electron chi connectivity index (χ1n) is 9.18. The molecule has 1 fully saturated rings. The van der Waals surface area contributed by atoms with Crippen molar-refractivity contribution in [3.8, 4) is 0 Å². The average molecular weight is 431 g/mol. The molecule has 1 N–H and O–H groups in total. The summed E-state index contributed by atoms with van der Waals surface area (Å²) in [7, 11) is 0. The summed E-state index contributed by atoms with van der Waals surface area (Å²) in [4.78, 5) is 37.7. The Balaban J connectivity index is 2.54. The van der Waals surface area contributed by atoms with Gasteiger partial charge in [0.2, 0.25) is 0 Å². The number of rotatable bonds is 4. The Morgan fingerprint density at radius 3 is 2.13 bits per heavy atom. The number of nitrogens with zero attached hydrogens (tertiary/aromatic N) is 1. The lowest BCUT2D eigenvalue weighted by atomic mass is 9.89. The molecule has 0 spiro atoms. The van der Waals surface area contributed by atoms with Crippen LogP contribution in [0.1, 0.15) is 58.2 Å². The summed E-state index contributed by atoms with van der Waals surface area (Å²) in [6, 6.07) is 2.90. The number of carbonyl (C=O) groups is 3. The summed E-state index contributed by atoms with van der Waals surface area (Å²) < 4.78 is 49.8. The molecule has 0 aliphatic carbocycles. The van der Waals surface area contributed by atoms with E-state index in [1.54, 1.807) is 20.8 Å². The second kappa shape index (κ2) is 7.81. The number of cyclic esters (lactones) is 2. The fraction of sp³-hybridized carbons (Fsp3) is 0.550. The number of amides is 1. The predicted molar refractivity (Wildman–Crippen MR) is 98.2 cm³/mol. The smallest absolute Gasteiger partial charge is 0.416 e. The number of carboxylic acid groups (broad SMARTS) is 1. The molecule has 0 radical (unpaired) electrons. The summed E-state index contributed by atoms with van der Waals surface area (Å²) >= 11 is 0. The lowest BCUT2D eigenvalue weighted by molar-refractivity contribution is -0.241. The molecule has 1 heterocycles. The van der Waals surface area contributed by atoms with Crippen molar-refractivity contribution in [2.75, 3.05) is 0 Å². The molecule has 166 valence electrons. The van der Waals surface area contributed by atoms with Gasteiger partial charge in [0.25, 0.3) is 5.79 Å². The number of hydrogen-bond donors (Lipinski definition) is 1. The number of halogens is 3. The molecule has 0 bridgehead atoms. The molecule has 0 aromatic heterocycles. The molecular formula is C20H24F3NO6. The maximum atomic E-state index is 13.2. The van der Waals surface area contributed by atoms with E-state index in [1.807, 2.05) is 0 Å². The van der Waals surface area contributed by atoms with Crippen LogP contribution in [0.2, 0.25) is 0 Å². The molecule has 10 heteroatoms. The Bertz CT molecular complexity index is 824. The van der Waals surface area contributed by atoms with Gasteiger partial charge in [0.1, 0.15) is 0 Å². The van der Waals surface area contributed by atoms with Crippen LogP contribution in [0.3, 0.4) is 0 Å². The van der Waals surface area contributed by atoms with Crippen LogP contribution in [0.25, 0.3) is 0 Å². The van der Waals surface area contributed by atoms with E-state index in [9.17, 15) is 32.7 Å². The van der Waals surface area contributed by atoms with Crippen molar-refractivity contribution in [3.63, 3.8) is 0 Å². The Kier molecular flexibility index (Phi) is 6.11. The van der Waals surface area contributed by atoms with Crippen LogP contribution in [0.5, 0.6) is 0 Å². The molecule has 7 nitrogen and oxygen atoms in total. The number of esters is 2. The van der Waals surface area contributed by atoms with Gasteiger partial charge in [-0.05, 0) is 44.9 Å². The van der Waals surface area contributed by atoms with Crippen molar-refractivity contribution >= 4 is 18.0 Å². The molecule has 1 aliphatic heterocycles. The van der Waals surface area contributed by atoms with Crippen molar-refractivity contribution in [3.05, 3.63) is 35.4 Å². The number of benzene rings is 1. The highest BCUT2D eigenvalue weighted by Crippen LogP contribution is 2.38. The Labute approximate surface area is 171 Å². The van der Waals surface area contributed by atoms with E-state index in [0.29, 0.717) is 0 Å². The first kappa shape index (κ1) is 23.5. The number of alkyl halides is 3. The molecule has 2 rings (SSSR count). The molecule has 1 aromatic carbocycles. The highest BCUT2D eigenvalue weighted by Gasteiger charge is 2.47. The Morgan fingerprint density at radius 2 is 1.70 bits per heavy atom. The van der Waals surface area contributed by atoms with E-state index < -0.39 is 59.5 Å². The quantitative estimate of drug-likeness (QED) is 0.562. The van der Waals surface area contributed by atoms with E-state index in [4.69, 9.17) is 9.47 Å². The van der Waals surface area contributed by atoms with E-state index in [2.05, 4.69) is 0 Å². The first-order valence-corrected chi connectivity index (χ1v) is 9.18. The largest absolute Gasteiger partial charge is 0.465 e. The van der Waals surface area contributed by atoms with Gasteiger partial charge >= 0.3 is 24.2 Å².